The number of ether oxygens (including phenoxy) is 3. The molecule has 1 atom stereocenters. The molecule has 6 nitrogen and oxygen atoms in total. The molecule has 0 amide bonds. The van der Waals surface area contributed by atoms with Crippen molar-refractivity contribution in [3.63, 3.8) is 0 Å². The van der Waals surface area contributed by atoms with Gasteiger partial charge in [0.25, 0.3) is 0 Å². The predicted molar refractivity (Wildman–Crippen MR) is 361 cm³/mol. The van der Waals surface area contributed by atoms with E-state index in [0.717, 1.165) is 186 Å². The average molecular weight is 1140 g/mol. The summed E-state index contributed by atoms with van der Waals surface area (Å²) < 4.78 is 16.9. The summed E-state index contributed by atoms with van der Waals surface area (Å²) in [4.78, 5) is 38.3. The topological polar surface area (TPSA) is 78.9 Å². The van der Waals surface area contributed by atoms with Gasteiger partial charge in [0.2, 0.25) is 0 Å². The summed E-state index contributed by atoms with van der Waals surface area (Å²) in [5.41, 5.74) is 0. The van der Waals surface area contributed by atoms with Gasteiger partial charge in [0.15, 0.2) is 6.10 Å². The van der Waals surface area contributed by atoms with E-state index in [9.17, 15) is 14.4 Å². The number of hydrogen-bond acceptors (Lipinski definition) is 6. The van der Waals surface area contributed by atoms with Gasteiger partial charge in [0.05, 0.1) is 0 Å². The van der Waals surface area contributed by atoms with E-state index < -0.39 is 6.10 Å². The van der Waals surface area contributed by atoms with E-state index in [1.165, 1.54) is 38.5 Å². The van der Waals surface area contributed by atoms with E-state index in [4.69, 9.17) is 14.2 Å². The van der Waals surface area contributed by atoms with Crippen LogP contribution in [-0.2, 0) is 28.6 Å². The minimum absolute atomic E-state index is 0.109. The van der Waals surface area contributed by atoms with Crippen LogP contribution in [0, 0.1) is 0 Å². The molecule has 0 N–H and O–H groups in total. The Labute approximate surface area is 510 Å². The fourth-order valence-corrected chi connectivity index (χ4v) is 8.46. The molecule has 0 aliphatic heterocycles. The van der Waals surface area contributed by atoms with E-state index in [2.05, 4.69) is 203 Å². The molecule has 0 saturated carbocycles. The number of allylic oxidation sites excluding steroid dienone is 30. The Bertz CT molecular complexity index is 1940. The molecule has 1 unspecified atom stereocenters. The summed E-state index contributed by atoms with van der Waals surface area (Å²) in [6.45, 7) is 6.34. The highest BCUT2D eigenvalue weighted by molar-refractivity contribution is 5.71. The van der Waals surface area contributed by atoms with Crippen LogP contribution in [0.3, 0.4) is 0 Å². The summed E-state index contributed by atoms with van der Waals surface area (Å²) in [7, 11) is 0. The van der Waals surface area contributed by atoms with E-state index >= 15 is 0 Å². The second-order valence-electron chi connectivity index (χ2n) is 21.3. The minimum Gasteiger partial charge on any atom is -0.462 e. The molecule has 0 aliphatic carbocycles. The lowest BCUT2D eigenvalue weighted by atomic mass is 10.1. The second-order valence-corrected chi connectivity index (χ2v) is 21.3. The number of carbonyl (C=O) groups excluding carboxylic acids is 3. The third kappa shape index (κ3) is 67.2. The number of unbranched alkanes of at least 4 members (excludes halogenated alkanes) is 17. The average Bonchev–Trinajstić information content (AvgIpc) is 3.49. The number of carbonyl (C=O) groups is 3. The van der Waals surface area contributed by atoms with Crippen molar-refractivity contribution in [1.29, 1.82) is 0 Å². The monoisotopic (exact) mass is 1140 g/mol. The van der Waals surface area contributed by atoms with Gasteiger partial charge in [-0.05, 0) is 161 Å². The molecule has 0 aromatic rings. The molecule has 0 rings (SSSR count). The van der Waals surface area contributed by atoms with Gasteiger partial charge < -0.3 is 14.2 Å². The Balaban J connectivity index is 4.46. The zero-order valence-corrected chi connectivity index (χ0v) is 53.1. The predicted octanol–water partition coefficient (Wildman–Crippen LogP) is 23.2. The van der Waals surface area contributed by atoms with Crippen molar-refractivity contribution < 1.29 is 28.6 Å². The summed E-state index contributed by atoms with van der Waals surface area (Å²) in [6, 6.07) is 0. The van der Waals surface area contributed by atoms with Crippen LogP contribution in [0.2, 0.25) is 0 Å². The van der Waals surface area contributed by atoms with Crippen LogP contribution in [-0.4, -0.2) is 37.2 Å². The van der Waals surface area contributed by atoms with Gasteiger partial charge in [0.1, 0.15) is 13.2 Å². The van der Waals surface area contributed by atoms with Gasteiger partial charge >= 0.3 is 17.9 Å². The quantitative estimate of drug-likeness (QED) is 0.0261. The van der Waals surface area contributed by atoms with Crippen LogP contribution in [0.4, 0.5) is 0 Å². The van der Waals surface area contributed by atoms with Gasteiger partial charge in [-0.3, -0.25) is 14.4 Å². The smallest absolute Gasteiger partial charge is 0.306 e. The largest absolute Gasteiger partial charge is 0.462 e. The maximum atomic E-state index is 12.9. The van der Waals surface area contributed by atoms with Crippen molar-refractivity contribution in [3.8, 4) is 0 Å². The van der Waals surface area contributed by atoms with Gasteiger partial charge in [-0.2, -0.15) is 0 Å². The third-order valence-electron chi connectivity index (χ3n) is 13.4. The molecule has 0 radical (unpaired) electrons. The molecular formula is C77H120O6. The second kappa shape index (κ2) is 69.0. The molecule has 0 spiro atoms. The van der Waals surface area contributed by atoms with E-state index in [1.807, 2.05) is 0 Å². The van der Waals surface area contributed by atoms with Crippen molar-refractivity contribution in [1.82, 2.24) is 0 Å². The molecule has 0 bridgehead atoms. The number of hydrogen-bond donors (Lipinski definition) is 0. The summed E-state index contributed by atoms with van der Waals surface area (Å²) in [5.74, 6) is -0.976. The molecular weight excluding hydrogens is 1020 g/mol. The van der Waals surface area contributed by atoms with Gasteiger partial charge in [-0.25, -0.2) is 0 Å². The summed E-state index contributed by atoms with van der Waals surface area (Å²) in [6.07, 6.45) is 103. The number of esters is 3. The van der Waals surface area contributed by atoms with Crippen LogP contribution >= 0.6 is 0 Å². The first kappa shape index (κ1) is 77.5. The first-order valence-electron chi connectivity index (χ1n) is 33.3. The van der Waals surface area contributed by atoms with E-state index in [1.54, 1.807) is 0 Å². The highest BCUT2D eigenvalue weighted by atomic mass is 16.6. The molecule has 0 fully saturated rings. The van der Waals surface area contributed by atoms with Crippen molar-refractivity contribution in [3.05, 3.63) is 182 Å². The highest BCUT2D eigenvalue weighted by Gasteiger charge is 2.19. The lowest BCUT2D eigenvalue weighted by molar-refractivity contribution is -0.167. The van der Waals surface area contributed by atoms with Crippen LogP contribution in [0.15, 0.2) is 182 Å². The van der Waals surface area contributed by atoms with Crippen molar-refractivity contribution in [2.45, 2.75) is 271 Å². The van der Waals surface area contributed by atoms with Crippen molar-refractivity contribution in [2.24, 2.45) is 0 Å². The maximum Gasteiger partial charge on any atom is 0.306 e. The molecule has 0 heterocycles. The van der Waals surface area contributed by atoms with Gasteiger partial charge in [-0.1, -0.05) is 267 Å². The van der Waals surface area contributed by atoms with Crippen LogP contribution in [0.5, 0.6) is 0 Å². The van der Waals surface area contributed by atoms with Gasteiger partial charge in [-0.15, -0.1) is 0 Å². The van der Waals surface area contributed by atoms with Crippen LogP contribution < -0.4 is 0 Å². The zero-order chi connectivity index (χ0) is 59.9. The first-order valence-corrected chi connectivity index (χ1v) is 33.3. The van der Waals surface area contributed by atoms with Crippen LogP contribution in [0.1, 0.15) is 265 Å². The lowest BCUT2D eigenvalue weighted by Gasteiger charge is -2.18. The maximum absolute atomic E-state index is 12.9. The molecule has 0 aromatic heterocycles. The fraction of sp³-hybridized carbons (Fsp3) is 0.571. The SMILES string of the molecule is CC/C=C\C/C=C\C/C=C\C/C=C\C/C=C\C/C=C\C/C=C\C/C=C\C/C=C\CCCCCC(=O)OCC(COC(=O)CCCCCCC/C=C\CCCCCC)OC(=O)CCCCCCC/C=C\C/C=C\C/C=C\C/C=C\C/C=C\CC. The Hall–Kier alpha value is -5.49. The van der Waals surface area contributed by atoms with Crippen molar-refractivity contribution in [2.75, 3.05) is 13.2 Å². The Morgan fingerprint density at radius 3 is 0.759 bits per heavy atom. The first-order chi connectivity index (χ1) is 41.0. The van der Waals surface area contributed by atoms with E-state index in [0.29, 0.717) is 12.8 Å². The Morgan fingerprint density at radius 2 is 0.470 bits per heavy atom. The lowest BCUT2D eigenvalue weighted by Crippen LogP contribution is -2.30. The highest BCUT2D eigenvalue weighted by Crippen LogP contribution is 2.13. The molecule has 464 valence electrons. The van der Waals surface area contributed by atoms with E-state index in [-0.39, 0.29) is 37.5 Å². The molecule has 0 aromatic carbocycles. The number of rotatable bonds is 58. The fourth-order valence-electron chi connectivity index (χ4n) is 8.46. The molecule has 6 heteroatoms. The standard InChI is InChI=1S/C77H120O6/c1-4-7-10-13-16-19-22-25-27-29-31-33-34-35-36-37-38-39-40-41-42-44-45-47-49-52-55-58-61-64-67-70-76(79)82-73-74(72-81-75(78)69-66-63-60-57-54-51-24-21-18-15-12-9-6-3)83-77(80)71-68-65-62-59-56-53-50-48-46-43-32-30-28-26-23-20-17-14-11-8-5-2/h7-8,10-11,16-17,19-21,24-28,31-33,35-36,38-39,41-43,45,47-48,50,52,55,74H,4-6,9,12-15,18,22-23,29-30,34,37,40,44,46,49,51,53-54,56-73H2,1-3H3/b10-7-,11-8-,19-16-,20-17-,24-21-,27-25-,28-26-,33-31-,36-35-,39-38-,42-41-,43-32-,47-45-,50-48-,55-52-. The Kier molecular flexibility index (Phi) is 64.4. The Morgan fingerprint density at radius 1 is 0.253 bits per heavy atom. The summed E-state index contributed by atoms with van der Waals surface area (Å²) >= 11 is 0. The van der Waals surface area contributed by atoms with Crippen molar-refractivity contribution >= 4 is 17.9 Å². The third-order valence-corrected chi connectivity index (χ3v) is 13.4. The molecule has 0 aliphatic rings. The van der Waals surface area contributed by atoms with Crippen LogP contribution in [0.25, 0.3) is 0 Å². The zero-order valence-electron chi connectivity index (χ0n) is 53.1. The molecule has 0 saturated heterocycles. The summed E-state index contributed by atoms with van der Waals surface area (Å²) in [5, 5.41) is 0. The normalized spacial score (nSPS) is 13.3. The minimum atomic E-state index is -0.817. The molecule has 83 heavy (non-hydrogen) atoms. The van der Waals surface area contributed by atoms with Gasteiger partial charge in [0, 0.05) is 19.3 Å².